The van der Waals surface area contributed by atoms with Crippen molar-refractivity contribution in [2.45, 2.75) is 152 Å². The lowest BCUT2D eigenvalue weighted by Crippen LogP contribution is -2.48. The number of aliphatic hydroxyl groups is 1. The molecular formula is C40H65N3O7. The lowest BCUT2D eigenvalue weighted by Gasteiger charge is -2.36. The summed E-state index contributed by atoms with van der Waals surface area (Å²) in [7, 11) is 0. The van der Waals surface area contributed by atoms with Gasteiger partial charge in [0.15, 0.2) is 5.78 Å². The molecule has 1 saturated heterocycles. The lowest BCUT2D eigenvalue weighted by molar-refractivity contribution is -0.147. The van der Waals surface area contributed by atoms with Gasteiger partial charge in [0, 0.05) is 49.6 Å². The van der Waals surface area contributed by atoms with Gasteiger partial charge in [0.1, 0.15) is 11.4 Å². The zero-order valence-electron chi connectivity index (χ0n) is 32.5. The minimum atomic E-state index is -1.55. The van der Waals surface area contributed by atoms with Crippen LogP contribution in [0.3, 0.4) is 0 Å². The first-order valence-corrected chi connectivity index (χ1v) is 19.0. The number of ketones is 3. The molecule has 10 heteroatoms. The third-order valence-corrected chi connectivity index (χ3v) is 13.9. The monoisotopic (exact) mass is 699 g/mol. The topological polar surface area (TPSA) is 164 Å². The van der Waals surface area contributed by atoms with Crippen LogP contribution in [0.1, 0.15) is 140 Å². The second-order valence-corrected chi connectivity index (χ2v) is 19.7. The predicted molar refractivity (Wildman–Crippen MR) is 191 cm³/mol. The molecule has 4 rings (SSSR count). The fraction of sp³-hybridized carbons (Fsp3) is 0.850. The van der Waals surface area contributed by atoms with Crippen LogP contribution >= 0.6 is 0 Å². The fourth-order valence-corrected chi connectivity index (χ4v) is 9.78. The Morgan fingerprint density at radius 2 is 1.46 bits per heavy atom. The van der Waals surface area contributed by atoms with Crippen molar-refractivity contribution >= 4 is 35.1 Å². The smallest absolute Gasteiger partial charge is 0.285 e. The Morgan fingerprint density at radius 1 is 0.860 bits per heavy atom. The van der Waals surface area contributed by atoms with Gasteiger partial charge < -0.3 is 21.1 Å². The van der Waals surface area contributed by atoms with Crippen LogP contribution in [-0.2, 0) is 28.8 Å². The van der Waals surface area contributed by atoms with Crippen LogP contribution in [0.5, 0.6) is 0 Å². The van der Waals surface area contributed by atoms with Crippen LogP contribution in [0, 0.1) is 50.7 Å². The summed E-state index contributed by atoms with van der Waals surface area (Å²) in [6, 6.07) is -0.731. The number of hydrogen-bond donors (Lipinski definition) is 3. The van der Waals surface area contributed by atoms with E-state index in [1.54, 1.807) is 4.90 Å². The van der Waals surface area contributed by atoms with Gasteiger partial charge in [-0.25, -0.2) is 0 Å². The molecule has 3 amide bonds. The number of fused-ring (bicyclic) bond motifs is 1. The summed E-state index contributed by atoms with van der Waals surface area (Å²) >= 11 is 0. The summed E-state index contributed by atoms with van der Waals surface area (Å²) in [5.74, 6) is -4.15. The van der Waals surface area contributed by atoms with Gasteiger partial charge in [-0.05, 0) is 73.0 Å². The van der Waals surface area contributed by atoms with Gasteiger partial charge in [0.2, 0.25) is 11.7 Å². The molecule has 0 aromatic heterocycles. The molecule has 5 atom stereocenters. The Bertz CT molecular complexity index is 1370. The first-order chi connectivity index (χ1) is 22.8. The number of nitrogens with one attached hydrogen (secondary N) is 1. The molecule has 282 valence electrons. The Hall–Kier alpha value is -2.62. The van der Waals surface area contributed by atoms with Crippen molar-refractivity contribution in [3.05, 3.63) is 0 Å². The third-order valence-electron chi connectivity index (χ3n) is 13.9. The molecule has 50 heavy (non-hydrogen) atoms. The van der Waals surface area contributed by atoms with Gasteiger partial charge >= 0.3 is 0 Å². The molecule has 3 aliphatic carbocycles. The van der Waals surface area contributed by atoms with Gasteiger partial charge in [-0.3, -0.25) is 28.8 Å². The summed E-state index contributed by atoms with van der Waals surface area (Å²) in [4.78, 5) is 82.3. The van der Waals surface area contributed by atoms with Crippen LogP contribution in [0.2, 0.25) is 0 Å². The second kappa shape index (κ2) is 13.7. The van der Waals surface area contributed by atoms with E-state index in [-0.39, 0.29) is 70.9 Å². The molecule has 10 nitrogen and oxygen atoms in total. The Morgan fingerprint density at radius 3 is 1.88 bits per heavy atom. The Kier molecular flexibility index (Phi) is 11.0. The molecule has 1 heterocycles. The van der Waals surface area contributed by atoms with E-state index in [9.17, 15) is 33.9 Å². The maximum Gasteiger partial charge on any atom is 0.285 e. The highest BCUT2D eigenvalue weighted by molar-refractivity contribution is 6.36. The van der Waals surface area contributed by atoms with Gasteiger partial charge in [-0.1, -0.05) is 81.1 Å². The largest absolute Gasteiger partial charge is 0.381 e. The van der Waals surface area contributed by atoms with Crippen molar-refractivity contribution in [2.75, 3.05) is 13.1 Å². The SMILES string of the molecule is CC(C)(O)C(=O)NC[C@@H](CC(=O)C[C@H](C(=O)N1C[C@]2(C[C@H]1C(=O)CC(CC1CCC1)C(=O)C(N)=O)C(C)(C)C21CCC1)C(C)(C)C)C(C)(C)C. The number of primary amides is 1. The highest BCUT2D eigenvalue weighted by Crippen LogP contribution is 2.88. The highest BCUT2D eigenvalue weighted by Gasteiger charge is 2.85. The summed E-state index contributed by atoms with van der Waals surface area (Å²) in [5, 5.41) is 12.9. The number of carbonyl (C=O) groups is 6. The zero-order chi connectivity index (χ0) is 37.8. The number of likely N-dealkylation sites (tertiary alicyclic amines) is 1. The average Bonchev–Trinajstić information content (AvgIpc) is 3.16. The zero-order valence-corrected chi connectivity index (χ0v) is 32.5. The normalized spacial score (nSPS) is 26.1. The van der Waals surface area contributed by atoms with Crippen LogP contribution in [0.4, 0.5) is 0 Å². The van der Waals surface area contributed by atoms with Crippen molar-refractivity contribution in [3.63, 3.8) is 0 Å². The van der Waals surface area contributed by atoms with Crippen molar-refractivity contribution in [1.29, 1.82) is 0 Å². The van der Waals surface area contributed by atoms with Gasteiger partial charge in [0.25, 0.3) is 11.8 Å². The molecule has 0 bridgehead atoms. The lowest BCUT2D eigenvalue weighted by atomic mass is 9.73. The first kappa shape index (κ1) is 40.2. The van der Waals surface area contributed by atoms with Crippen molar-refractivity contribution in [3.8, 4) is 0 Å². The van der Waals surface area contributed by atoms with Crippen LogP contribution in [-0.4, -0.2) is 69.8 Å². The van der Waals surface area contributed by atoms with Crippen molar-refractivity contribution in [2.24, 2.45) is 56.5 Å². The summed E-state index contributed by atoms with van der Waals surface area (Å²) in [6.45, 7) is 19.9. The third kappa shape index (κ3) is 7.47. The summed E-state index contributed by atoms with van der Waals surface area (Å²) < 4.78 is 0. The molecule has 0 aromatic rings. The molecule has 2 spiro atoms. The maximum atomic E-state index is 14.9. The molecule has 4 N–H and O–H groups in total. The number of hydrogen-bond acceptors (Lipinski definition) is 7. The first-order valence-electron chi connectivity index (χ1n) is 19.0. The van der Waals surface area contributed by atoms with E-state index in [4.69, 9.17) is 5.73 Å². The highest BCUT2D eigenvalue weighted by atomic mass is 16.3. The fourth-order valence-electron chi connectivity index (χ4n) is 9.78. The van der Waals surface area contributed by atoms with E-state index in [0.29, 0.717) is 25.3 Å². The molecule has 0 radical (unpaired) electrons. The molecule has 4 fully saturated rings. The molecule has 4 aliphatic rings. The maximum absolute atomic E-state index is 14.9. The van der Waals surface area contributed by atoms with Gasteiger partial charge in [0.05, 0.1) is 6.04 Å². The quantitative estimate of drug-likeness (QED) is 0.199. The standard InChI is InChI=1S/C40H65N3O7/c1-35(2,3)26(22-42-34(49)37(7,8)50)19-27(44)20-28(36(4,5)6)33(48)43-23-40(38(9,10)39(40)15-12-16-39)21-29(43)30(45)18-25(31(46)32(41)47)17-24-13-11-14-24/h24-26,28-29,50H,11-23H2,1-10H3,(H2,41,47)(H,42,49)/t25?,26-,28-,29+,40-/m1/s1. The van der Waals surface area contributed by atoms with E-state index in [1.807, 2.05) is 41.5 Å². The molecular weight excluding hydrogens is 634 g/mol. The minimum absolute atomic E-state index is 0.00222. The summed E-state index contributed by atoms with van der Waals surface area (Å²) in [5.41, 5.74) is 2.77. The summed E-state index contributed by atoms with van der Waals surface area (Å²) in [6.07, 6.45) is 7.27. The van der Waals surface area contributed by atoms with Crippen LogP contribution < -0.4 is 11.1 Å². The molecule has 0 aromatic carbocycles. The van der Waals surface area contributed by atoms with Crippen LogP contribution in [0.25, 0.3) is 0 Å². The van der Waals surface area contributed by atoms with E-state index in [0.717, 1.165) is 38.5 Å². The van der Waals surface area contributed by atoms with Gasteiger partial charge in [-0.15, -0.1) is 0 Å². The molecule has 3 saturated carbocycles. The van der Waals surface area contributed by atoms with E-state index >= 15 is 0 Å². The number of Topliss-reactive ketones (excluding diaryl/α,β-unsaturated/α-hetero) is 3. The number of carbonyl (C=O) groups excluding carboxylic acids is 6. The minimum Gasteiger partial charge on any atom is -0.381 e. The predicted octanol–water partition coefficient (Wildman–Crippen LogP) is 5.16. The van der Waals surface area contributed by atoms with E-state index in [2.05, 4.69) is 19.2 Å². The number of nitrogens with zero attached hydrogens (tertiary/aromatic N) is 1. The average molecular weight is 700 g/mol. The van der Waals surface area contributed by atoms with Gasteiger partial charge in [-0.2, -0.15) is 0 Å². The van der Waals surface area contributed by atoms with Crippen molar-refractivity contribution in [1.82, 2.24) is 10.2 Å². The van der Waals surface area contributed by atoms with E-state index in [1.165, 1.54) is 13.8 Å². The molecule has 1 unspecified atom stereocenters. The number of nitrogens with two attached hydrogens (primary N) is 1. The Balaban J connectivity index is 1.59. The second-order valence-electron chi connectivity index (χ2n) is 19.7. The van der Waals surface area contributed by atoms with Crippen LogP contribution in [0.15, 0.2) is 0 Å². The Labute approximate surface area is 299 Å². The number of amides is 3. The number of rotatable bonds is 15. The van der Waals surface area contributed by atoms with E-state index < -0.39 is 46.5 Å². The molecule has 1 aliphatic heterocycles. The van der Waals surface area contributed by atoms with Crippen molar-refractivity contribution < 1.29 is 33.9 Å².